The predicted octanol–water partition coefficient (Wildman–Crippen LogP) is 3.31. The fraction of sp³-hybridized carbons (Fsp3) is 0.389. The third kappa shape index (κ3) is 3.64. The molecule has 24 heavy (non-hydrogen) atoms. The average molecular weight is 327 g/mol. The van der Waals surface area contributed by atoms with E-state index < -0.39 is 5.97 Å². The van der Waals surface area contributed by atoms with E-state index in [9.17, 15) is 9.59 Å². The Hall–Kier alpha value is -2.63. The van der Waals surface area contributed by atoms with Gasteiger partial charge >= 0.3 is 12.0 Å². The molecule has 2 aromatic rings. The molecule has 0 spiro atoms. The lowest BCUT2D eigenvalue weighted by Crippen LogP contribution is -2.41. The van der Waals surface area contributed by atoms with Crippen LogP contribution in [0, 0.1) is 12.8 Å². The molecule has 0 unspecified atom stereocenters. The summed E-state index contributed by atoms with van der Waals surface area (Å²) < 4.78 is 0. The summed E-state index contributed by atoms with van der Waals surface area (Å²) in [6.45, 7) is 1.91. The number of anilines is 1. The van der Waals surface area contributed by atoms with Crippen LogP contribution in [0.15, 0.2) is 30.3 Å². The second-order valence-corrected chi connectivity index (χ2v) is 6.32. The van der Waals surface area contributed by atoms with E-state index in [0.717, 1.165) is 16.6 Å². The molecule has 1 fully saturated rings. The van der Waals surface area contributed by atoms with Crippen molar-refractivity contribution >= 4 is 28.6 Å². The molecule has 6 heteroatoms. The van der Waals surface area contributed by atoms with Crippen LogP contribution in [0.1, 0.15) is 31.4 Å². The van der Waals surface area contributed by atoms with Gasteiger partial charge in [0.2, 0.25) is 0 Å². The molecule has 6 nitrogen and oxygen atoms in total. The predicted molar refractivity (Wildman–Crippen MR) is 92.0 cm³/mol. The summed E-state index contributed by atoms with van der Waals surface area (Å²) in [7, 11) is 0. The van der Waals surface area contributed by atoms with Crippen LogP contribution in [0.2, 0.25) is 0 Å². The topological polar surface area (TPSA) is 91.3 Å². The maximum atomic E-state index is 12.3. The van der Waals surface area contributed by atoms with Crippen molar-refractivity contribution < 1.29 is 14.7 Å². The Morgan fingerprint density at radius 3 is 2.58 bits per heavy atom. The molecule has 3 N–H and O–H groups in total. The van der Waals surface area contributed by atoms with E-state index >= 15 is 0 Å². The number of amides is 2. The van der Waals surface area contributed by atoms with Gasteiger partial charge in [0.25, 0.3) is 0 Å². The summed E-state index contributed by atoms with van der Waals surface area (Å²) in [5.41, 5.74) is 2.33. The van der Waals surface area contributed by atoms with Crippen LogP contribution in [-0.4, -0.2) is 28.1 Å². The van der Waals surface area contributed by atoms with E-state index in [1.54, 1.807) is 0 Å². The average Bonchev–Trinajstić information content (AvgIpc) is 2.56. The maximum Gasteiger partial charge on any atom is 0.319 e. The number of carbonyl (C=O) groups is 2. The zero-order valence-electron chi connectivity index (χ0n) is 13.6. The summed E-state index contributed by atoms with van der Waals surface area (Å²) in [5, 5.41) is 15.8. The summed E-state index contributed by atoms with van der Waals surface area (Å²) in [5.74, 6) is -1.02. The third-order valence-electron chi connectivity index (χ3n) is 4.52. The van der Waals surface area contributed by atoms with Gasteiger partial charge in [-0.25, -0.2) is 4.79 Å². The fourth-order valence-corrected chi connectivity index (χ4v) is 3.17. The number of hydrogen-bond donors (Lipinski definition) is 3. The van der Waals surface area contributed by atoms with Crippen molar-refractivity contribution in [3.8, 4) is 0 Å². The van der Waals surface area contributed by atoms with Crippen molar-refractivity contribution in [3.63, 3.8) is 0 Å². The van der Waals surface area contributed by atoms with Gasteiger partial charge in [0.15, 0.2) is 0 Å². The molecular formula is C18H21N3O3. The summed E-state index contributed by atoms with van der Waals surface area (Å²) in [6.07, 6.45) is 2.60. The minimum absolute atomic E-state index is 0.0188. The van der Waals surface area contributed by atoms with Gasteiger partial charge in [-0.05, 0) is 44.7 Å². The number of benzene rings is 1. The highest BCUT2D eigenvalue weighted by atomic mass is 16.4. The summed E-state index contributed by atoms with van der Waals surface area (Å²) >= 11 is 0. The number of aromatic nitrogens is 1. The molecule has 1 aromatic carbocycles. The Morgan fingerprint density at radius 1 is 1.12 bits per heavy atom. The molecule has 0 saturated heterocycles. The number of nitrogens with one attached hydrogen (secondary N) is 2. The molecule has 0 atom stereocenters. The van der Waals surface area contributed by atoms with Crippen LogP contribution >= 0.6 is 0 Å². The van der Waals surface area contributed by atoms with E-state index in [2.05, 4.69) is 15.6 Å². The highest BCUT2D eigenvalue weighted by molar-refractivity contribution is 5.99. The van der Waals surface area contributed by atoms with E-state index in [1.165, 1.54) is 0 Å². The lowest BCUT2D eigenvalue weighted by Gasteiger charge is -2.26. The minimum Gasteiger partial charge on any atom is -0.481 e. The van der Waals surface area contributed by atoms with E-state index in [-0.39, 0.29) is 18.0 Å². The van der Waals surface area contributed by atoms with Gasteiger partial charge < -0.3 is 15.7 Å². The van der Waals surface area contributed by atoms with Gasteiger partial charge in [-0.15, -0.1) is 0 Å². The number of rotatable bonds is 3. The van der Waals surface area contributed by atoms with E-state index in [4.69, 9.17) is 5.11 Å². The van der Waals surface area contributed by atoms with Crippen LogP contribution in [-0.2, 0) is 4.79 Å². The zero-order valence-corrected chi connectivity index (χ0v) is 13.6. The van der Waals surface area contributed by atoms with Crippen molar-refractivity contribution in [2.45, 2.75) is 38.6 Å². The molecule has 126 valence electrons. The molecule has 1 aliphatic carbocycles. The Labute approximate surface area is 140 Å². The molecule has 1 saturated carbocycles. The van der Waals surface area contributed by atoms with Crippen LogP contribution in [0.4, 0.5) is 10.5 Å². The van der Waals surface area contributed by atoms with Crippen molar-refractivity contribution in [2.24, 2.45) is 5.92 Å². The molecule has 0 aliphatic heterocycles. The highest BCUT2D eigenvalue weighted by Gasteiger charge is 2.26. The third-order valence-corrected chi connectivity index (χ3v) is 4.52. The summed E-state index contributed by atoms with van der Waals surface area (Å²) in [4.78, 5) is 27.7. The molecule has 1 aromatic heterocycles. The molecular weight excluding hydrogens is 306 g/mol. The first-order valence-electron chi connectivity index (χ1n) is 8.19. The summed E-state index contributed by atoms with van der Waals surface area (Å²) in [6, 6.07) is 9.33. The standard InChI is InChI=1S/C18H21N3O3/c1-11-5-6-12-3-2-4-15(16(12)19-11)21-18(24)20-14-9-7-13(8-10-14)17(22)23/h2-6,13-14H,7-10H2,1H3,(H,22,23)(H2,20,21,24). The molecule has 3 rings (SSSR count). The number of carboxylic acid groups (broad SMARTS) is 1. The van der Waals surface area contributed by atoms with Crippen molar-refractivity contribution in [1.82, 2.24) is 10.3 Å². The lowest BCUT2D eigenvalue weighted by atomic mass is 9.86. The van der Waals surface area contributed by atoms with Crippen LogP contribution < -0.4 is 10.6 Å². The highest BCUT2D eigenvalue weighted by Crippen LogP contribution is 2.25. The maximum absolute atomic E-state index is 12.3. The number of urea groups is 1. The second kappa shape index (κ2) is 6.86. The molecule has 0 bridgehead atoms. The minimum atomic E-state index is -0.741. The number of aliphatic carboxylic acids is 1. The Balaban J connectivity index is 1.64. The number of para-hydroxylation sites is 1. The van der Waals surface area contributed by atoms with Crippen molar-refractivity contribution in [1.29, 1.82) is 0 Å². The Bertz CT molecular complexity index is 767. The number of pyridine rings is 1. The first-order valence-corrected chi connectivity index (χ1v) is 8.19. The van der Waals surface area contributed by atoms with Crippen LogP contribution in [0.25, 0.3) is 10.9 Å². The van der Waals surface area contributed by atoms with Gasteiger partial charge in [0.1, 0.15) is 0 Å². The second-order valence-electron chi connectivity index (χ2n) is 6.32. The zero-order chi connectivity index (χ0) is 17.1. The molecule has 1 heterocycles. The van der Waals surface area contributed by atoms with Gasteiger partial charge in [0.05, 0.1) is 17.1 Å². The van der Waals surface area contributed by atoms with Crippen molar-refractivity contribution in [3.05, 3.63) is 36.0 Å². The Kier molecular flexibility index (Phi) is 4.64. The first-order chi connectivity index (χ1) is 11.5. The number of carbonyl (C=O) groups excluding carboxylic acids is 1. The molecule has 2 amide bonds. The van der Waals surface area contributed by atoms with Gasteiger partial charge in [-0.2, -0.15) is 0 Å². The van der Waals surface area contributed by atoms with Gasteiger partial charge in [0, 0.05) is 17.1 Å². The number of aryl methyl sites for hydroxylation is 1. The number of carboxylic acids is 1. The number of nitrogens with zero attached hydrogens (tertiary/aromatic N) is 1. The first kappa shape index (κ1) is 16.2. The lowest BCUT2D eigenvalue weighted by molar-refractivity contribution is -0.142. The number of fused-ring (bicyclic) bond motifs is 1. The van der Waals surface area contributed by atoms with E-state index in [1.807, 2.05) is 37.3 Å². The van der Waals surface area contributed by atoms with Crippen molar-refractivity contribution in [2.75, 3.05) is 5.32 Å². The van der Waals surface area contributed by atoms with Gasteiger partial charge in [-0.3, -0.25) is 9.78 Å². The monoisotopic (exact) mass is 327 g/mol. The normalized spacial score (nSPS) is 20.5. The number of hydrogen-bond acceptors (Lipinski definition) is 3. The Morgan fingerprint density at radius 2 is 1.88 bits per heavy atom. The fourth-order valence-electron chi connectivity index (χ4n) is 3.17. The molecule has 1 aliphatic rings. The largest absolute Gasteiger partial charge is 0.481 e. The molecule has 0 radical (unpaired) electrons. The van der Waals surface area contributed by atoms with Gasteiger partial charge in [-0.1, -0.05) is 18.2 Å². The van der Waals surface area contributed by atoms with E-state index in [0.29, 0.717) is 31.4 Å². The SMILES string of the molecule is Cc1ccc2cccc(NC(=O)NC3CCC(C(=O)O)CC3)c2n1. The quantitative estimate of drug-likeness (QED) is 0.806. The van der Waals surface area contributed by atoms with Crippen LogP contribution in [0.3, 0.4) is 0 Å². The smallest absolute Gasteiger partial charge is 0.319 e. The van der Waals surface area contributed by atoms with Crippen LogP contribution in [0.5, 0.6) is 0 Å².